The lowest BCUT2D eigenvalue weighted by molar-refractivity contribution is 0.188. The van der Waals surface area contributed by atoms with E-state index in [-0.39, 0.29) is 5.82 Å². The molecule has 2 nitrogen and oxygen atoms in total. The number of halogens is 1. The van der Waals surface area contributed by atoms with Crippen molar-refractivity contribution < 1.29 is 4.39 Å². The highest BCUT2D eigenvalue weighted by molar-refractivity contribution is 5.22. The topological polar surface area (TPSA) is 15.3 Å². The van der Waals surface area contributed by atoms with E-state index in [4.69, 9.17) is 0 Å². The van der Waals surface area contributed by atoms with Crippen molar-refractivity contribution in [3.8, 4) is 0 Å². The molecule has 21 heavy (non-hydrogen) atoms. The third-order valence-electron chi connectivity index (χ3n) is 4.87. The Balaban J connectivity index is 1.58. The van der Waals surface area contributed by atoms with Crippen LogP contribution in [0.4, 0.5) is 4.39 Å². The van der Waals surface area contributed by atoms with Crippen LogP contribution in [0.5, 0.6) is 0 Å². The molecule has 0 radical (unpaired) electrons. The van der Waals surface area contributed by atoms with Crippen LogP contribution in [0.25, 0.3) is 0 Å². The van der Waals surface area contributed by atoms with Crippen LogP contribution in [0.3, 0.4) is 0 Å². The maximum Gasteiger partial charge on any atom is 0.123 e. The largest absolute Gasteiger partial charge is 0.307 e. The molecule has 2 fully saturated rings. The third kappa shape index (κ3) is 4.04. The minimum atomic E-state index is -0.138. The first-order valence-corrected chi connectivity index (χ1v) is 8.50. The SMILES string of the molecule is CCCN1CCC(NC(c2ccc(F)cc2)C2CC2)CC1. The molecule has 1 aromatic rings. The van der Waals surface area contributed by atoms with Crippen LogP contribution < -0.4 is 5.32 Å². The molecule has 3 heteroatoms. The van der Waals surface area contributed by atoms with Gasteiger partial charge in [0.25, 0.3) is 0 Å². The first-order valence-electron chi connectivity index (χ1n) is 8.50. The summed E-state index contributed by atoms with van der Waals surface area (Å²) in [5.74, 6) is 0.616. The van der Waals surface area contributed by atoms with E-state index in [0.717, 1.165) is 5.92 Å². The molecule has 0 amide bonds. The first kappa shape index (κ1) is 15.0. The van der Waals surface area contributed by atoms with Gasteiger partial charge in [-0.15, -0.1) is 0 Å². The molecule has 2 aliphatic rings. The standard InChI is InChI=1S/C18H27FN2/c1-2-11-21-12-9-17(10-13-21)20-18(14-3-4-14)15-5-7-16(19)8-6-15/h5-8,14,17-18,20H,2-4,9-13H2,1H3. The Bertz CT molecular complexity index is 433. The van der Waals surface area contributed by atoms with Crippen molar-refractivity contribution in [2.24, 2.45) is 5.92 Å². The number of benzene rings is 1. The molecular formula is C18H27FN2. The predicted molar refractivity (Wildman–Crippen MR) is 84.8 cm³/mol. The molecule has 1 unspecified atom stereocenters. The van der Waals surface area contributed by atoms with E-state index in [1.807, 2.05) is 12.1 Å². The van der Waals surface area contributed by atoms with Crippen molar-refractivity contribution in [1.82, 2.24) is 10.2 Å². The van der Waals surface area contributed by atoms with Gasteiger partial charge in [0.15, 0.2) is 0 Å². The third-order valence-corrected chi connectivity index (χ3v) is 4.87. The number of nitrogens with zero attached hydrogens (tertiary/aromatic N) is 1. The summed E-state index contributed by atoms with van der Waals surface area (Å²) in [4.78, 5) is 2.57. The number of hydrogen-bond donors (Lipinski definition) is 1. The molecule has 1 aliphatic heterocycles. The van der Waals surface area contributed by atoms with Gasteiger partial charge >= 0.3 is 0 Å². The highest BCUT2D eigenvalue weighted by Gasteiger charge is 2.34. The van der Waals surface area contributed by atoms with Crippen LogP contribution in [-0.4, -0.2) is 30.6 Å². The Morgan fingerprint density at radius 1 is 1.14 bits per heavy atom. The van der Waals surface area contributed by atoms with Crippen molar-refractivity contribution in [1.29, 1.82) is 0 Å². The summed E-state index contributed by atoms with van der Waals surface area (Å²) in [6.07, 6.45) is 6.35. The van der Waals surface area contributed by atoms with Crippen LogP contribution in [-0.2, 0) is 0 Å². The first-order chi connectivity index (χ1) is 10.3. The molecule has 1 saturated heterocycles. The number of hydrogen-bond acceptors (Lipinski definition) is 2. The fourth-order valence-corrected chi connectivity index (χ4v) is 3.50. The Kier molecular flexibility index (Phi) is 4.91. The summed E-state index contributed by atoms with van der Waals surface area (Å²) in [6.45, 7) is 5.91. The summed E-state index contributed by atoms with van der Waals surface area (Å²) in [5.41, 5.74) is 1.26. The van der Waals surface area contributed by atoms with Gasteiger partial charge in [-0.1, -0.05) is 19.1 Å². The molecule has 116 valence electrons. The predicted octanol–water partition coefficient (Wildman–Crippen LogP) is 3.74. The summed E-state index contributed by atoms with van der Waals surface area (Å²) in [6, 6.07) is 8.14. The average molecular weight is 290 g/mol. The lowest BCUT2D eigenvalue weighted by atomic mass is 9.98. The maximum absolute atomic E-state index is 13.1. The highest BCUT2D eigenvalue weighted by atomic mass is 19.1. The molecule has 1 N–H and O–H groups in total. The Hall–Kier alpha value is -0.930. The van der Waals surface area contributed by atoms with Gasteiger partial charge in [0.05, 0.1) is 0 Å². The molecular weight excluding hydrogens is 263 g/mol. The molecule has 1 heterocycles. The van der Waals surface area contributed by atoms with Crippen LogP contribution >= 0.6 is 0 Å². The summed E-state index contributed by atoms with van der Waals surface area (Å²) in [5, 5.41) is 3.87. The van der Waals surface area contributed by atoms with Crippen LogP contribution in [0, 0.1) is 11.7 Å². The summed E-state index contributed by atoms with van der Waals surface area (Å²) < 4.78 is 13.1. The Morgan fingerprint density at radius 2 is 1.81 bits per heavy atom. The molecule has 1 aromatic carbocycles. The smallest absolute Gasteiger partial charge is 0.123 e. The zero-order valence-electron chi connectivity index (χ0n) is 13.0. The van der Waals surface area contributed by atoms with Gasteiger partial charge in [-0.25, -0.2) is 4.39 Å². The van der Waals surface area contributed by atoms with Crippen molar-refractivity contribution in [2.75, 3.05) is 19.6 Å². The quantitative estimate of drug-likeness (QED) is 0.858. The number of nitrogens with one attached hydrogen (secondary N) is 1. The summed E-state index contributed by atoms with van der Waals surface area (Å²) >= 11 is 0. The van der Waals surface area contributed by atoms with Gasteiger partial charge in [0.1, 0.15) is 5.82 Å². The lowest BCUT2D eigenvalue weighted by Gasteiger charge is -2.34. The monoisotopic (exact) mass is 290 g/mol. The van der Waals surface area contributed by atoms with E-state index in [1.54, 1.807) is 12.1 Å². The average Bonchev–Trinajstić information content (AvgIpc) is 3.33. The second-order valence-corrected chi connectivity index (χ2v) is 6.65. The minimum absolute atomic E-state index is 0.138. The van der Waals surface area contributed by atoms with Crippen LogP contribution in [0.2, 0.25) is 0 Å². The number of rotatable bonds is 6. The van der Waals surface area contributed by atoms with Crippen molar-refractivity contribution in [3.63, 3.8) is 0 Å². The lowest BCUT2D eigenvalue weighted by Crippen LogP contribution is -2.44. The van der Waals surface area contributed by atoms with E-state index in [9.17, 15) is 4.39 Å². The highest BCUT2D eigenvalue weighted by Crippen LogP contribution is 2.41. The molecule has 3 rings (SSSR count). The molecule has 1 atom stereocenters. The van der Waals surface area contributed by atoms with Crippen molar-refractivity contribution in [2.45, 2.75) is 51.1 Å². The van der Waals surface area contributed by atoms with Gasteiger partial charge in [-0.05, 0) is 75.4 Å². The zero-order valence-corrected chi connectivity index (χ0v) is 13.0. The Labute approximate surface area is 127 Å². The zero-order chi connectivity index (χ0) is 14.7. The van der Waals surface area contributed by atoms with Gasteiger partial charge in [-0.3, -0.25) is 0 Å². The van der Waals surface area contributed by atoms with E-state index in [1.165, 1.54) is 57.3 Å². The molecule has 0 spiro atoms. The maximum atomic E-state index is 13.1. The van der Waals surface area contributed by atoms with Gasteiger partial charge in [0.2, 0.25) is 0 Å². The van der Waals surface area contributed by atoms with Gasteiger partial charge in [-0.2, -0.15) is 0 Å². The van der Waals surface area contributed by atoms with E-state index < -0.39 is 0 Å². The molecule has 1 aliphatic carbocycles. The van der Waals surface area contributed by atoms with Crippen LogP contribution in [0.1, 0.15) is 50.6 Å². The fourth-order valence-electron chi connectivity index (χ4n) is 3.50. The minimum Gasteiger partial charge on any atom is -0.307 e. The molecule has 0 aromatic heterocycles. The summed E-state index contributed by atoms with van der Waals surface area (Å²) in [7, 11) is 0. The molecule has 1 saturated carbocycles. The van der Waals surface area contributed by atoms with Gasteiger partial charge < -0.3 is 10.2 Å². The van der Waals surface area contributed by atoms with E-state index >= 15 is 0 Å². The van der Waals surface area contributed by atoms with E-state index in [0.29, 0.717) is 12.1 Å². The fraction of sp³-hybridized carbons (Fsp3) is 0.667. The van der Waals surface area contributed by atoms with Crippen molar-refractivity contribution in [3.05, 3.63) is 35.6 Å². The van der Waals surface area contributed by atoms with Gasteiger partial charge in [0, 0.05) is 12.1 Å². The van der Waals surface area contributed by atoms with Crippen LogP contribution in [0.15, 0.2) is 24.3 Å². The second kappa shape index (κ2) is 6.89. The Morgan fingerprint density at radius 3 is 2.38 bits per heavy atom. The molecule has 0 bridgehead atoms. The number of piperidine rings is 1. The number of likely N-dealkylation sites (tertiary alicyclic amines) is 1. The second-order valence-electron chi connectivity index (χ2n) is 6.65. The van der Waals surface area contributed by atoms with Crippen molar-refractivity contribution >= 4 is 0 Å². The van der Waals surface area contributed by atoms with E-state index in [2.05, 4.69) is 17.1 Å². The normalized spacial score (nSPS) is 22.4.